The molecule has 0 saturated carbocycles. The van der Waals surface area contributed by atoms with Gasteiger partial charge in [-0.05, 0) is 37.6 Å². The first-order chi connectivity index (χ1) is 10.7. The fourth-order valence-corrected chi connectivity index (χ4v) is 3.14. The maximum absolute atomic E-state index is 2.27. The number of hydrogen-bond acceptors (Lipinski definition) is 0. The summed E-state index contributed by atoms with van der Waals surface area (Å²) >= 11 is 0. The topological polar surface area (TPSA) is 8.20 Å². The number of pyridine rings is 2. The van der Waals surface area contributed by atoms with Crippen LogP contribution in [0.3, 0.4) is 0 Å². The first-order valence-corrected chi connectivity index (χ1v) is 7.55. The van der Waals surface area contributed by atoms with E-state index in [0.717, 1.165) is 0 Å². The monoisotopic (exact) mass is 286 g/mol. The molecule has 0 bridgehead atoms. The van der Waals surface area contributed by atoms with Crippen LogP contribution in [-0.2, 0) is 0 Å². The number of benzene rings is 1. The highest BCUT2D eigenvalue weighted by molar-refractivity contribution is 5.69. The standard InChI is InChI=1S/C20H18N2/c1-15-9-10-17(16(2)13-15)20-14-21-11-5-3-7-18(21)19-8-4-6-12-22(19)20/h3-14H,1-2H3/q+2. The summed E-state index contributed by atoms with van der Waals surface area (Å²) in [5, 5.41) is 0. The number of aryl methyl sites for hydroxylation is 2. The average molecular weight is 286 g/mol. The van der Waals surface area contributed by atoms with Crippen molar-refractivity contribution < 1.29 is 8.80 Å². The van der Waals surface area contributed by atoms with Crippen LogP contribution < -0.4 is 8.80 Å². The molecular formula is C20H18N2+2. The van der Waals surface area contributed by atoms with Gasteiger partial charge in [0.05, 0.1) is 5.56 Å². The molecule has 0 amide bonds. The molecule has 0 N–H and O–H groups in total. The van der Waals surface area contributed by atoms with Crippen LogP contribution in [0.1, 0.15) is 11.1 Å². The van der Waals surface area contributed by atoms with Crippen LogP contribution in [0.4, 0.5) is 0 Å². The summed E-state index contributed by atoms with van der Waals surface area (Å²) in [6.07, 6.45) is 6.45. The Morgan fingerprint density at radius 2 is 1.55 bits per heavy atom. The van der Waals surface area contributed by atoms with Gasteiger partial charge in [-0.25, -0.2) is 0 Å². The van der Waals surface area contributed by atoms with E-state index in [2.05, 4.69) is 95.8 Å². The molecular weight excluding hydrogens is 268 g/mol. The van der Waals surface area contributed by atoms with Crippen LogP contribution in [0.5, 0.6) is 0 Å². The predicted octanol–water partition coefficient (Wildman–Crippen LogP) is 3.45. The molecule has 0 unspecified atom stereocenters. The highest BCUT2D eigenvalue weighted by Gasteiger charge is 2.22. The smallest absolute Gasteiger partial charge is 0.155 e. The highest BCUT2D eigenvalue weighted by Crippen LogP contribution is 2.21. The first kappa shape index (κ1) is 13.0. The number of hydrogen-bond donors (Lipinski definition) is 0. The fraction of sp³-hybridized carbons (Fsp3) is 0.100. The van der Waals surface area contributed by atoms with Gasteiger partial charge >= 0.3 is 0 Å². The third kappa shape index (κ3) is 1.96. The molecule has 0 fully saturated rings. The molecule has 0 aliphatic heterocycles. The van der Waals surface area contributed by atoms with Gasteiger partial charge in [-0.3, -0.25) is 0 Å². The molecule has 0 atom stereocenters. The summed E-state index contributed by atoms with van der Waals surface area (Å²) in [4.78, 5) is 0. The summed E-state index contributed by atoms with van der Waals surface area (Å²) in [5.74, 6) is 0. The van der Waals surface area contributed by atoms with E-state index in [-0.39, 0.29) is 0 Å². The fourth-order valence-electron chi connectivity index (χ4n) is 3.14. The van der Waals surface area contributed by atoms with Gasteiger partial charge in [-0.15, -0.1) is 4.40 Å². The Kier molecular flexibility index (Phi) is 2.90. The Balaban J connectivity index is 2.16. The molecule has 3 aromatic heterocycles. The minimum Gasteiger partial charge on any atom is -0.155 e. The van der Waals surface area contributed by atoms with Gasteiger partial charge in [0.25, 0.3) is 16.7 Å². The van der Waals surface area contributed by atoms with E-state index in [1.807, 2.05) is 0 Å². The van der Waals surface area contributed by atoms with E-state index < -0.39 is 0 Å². The van der Waals surface area contributed by atoms with Crippen LogP contribution >= 0.6 is 0 Å². The van der Waals surface area contributed by atoms with E-state index in [4.69, 9.17) is 0 Å². The Hall–Kier alpha value is -2.74. The highest BCUT2D eigenvalue weighted by atomic mass is 15.0. The Morgan fingerprint density at radius 1 is 0.773 bits per heavy atom. The van der Waals surface area contributed by atoms with Gasteiger partial charge in [-0.1, -0.05) is 17.7 Å². The molecule has 0 aliphatic carbocycles. The molecule has 2 heteroatoms. The van der Waals surface area contributed by atoms with E-state index in [0.29, 0.717) is 0 Å². The summed E-state index contributed by atoms with van der Waals surface area (Å²) in [7, 11) is 0. The second-order valence-corrected chi connectivity index (χ2v) is 5.78. The third-order valence-corrected chi connectivity index (χ3v) is 4.19. The molecule has 1 aromatic carbocycles. The maximum Gasteiger partial charge on any atom is 0.283 e. The minimum atomic E-state index is 1.21. The second kappa shape index (κ2) is 4.92. The van der Waals surface area contributed by atoms with Crippen molar-refractivity contribution in [2.24, 2.45) is 0 Å². The third-order valence-electron chi connectivity index (χ3n) is 4.19. The summed E-state index contributed by atoms with van der Waals surface area (Å²) in [5.41, 5.74) is 7.48. The van der Waals surface area contributed by atoms with E-state index in [9.17, 15) is 0 Å². The Morgan fingerprint density at radius 3 is 2.36 bits per heavy atom. The van der Waals surface area contributed by atoms with Crippen molar-refractivity contribution in [3.05, 3.63) is 84.3 Å². The van der Waals surface area contributed by atoms with Crippen molar-refractivity contribution in [3.63, 3.8) is 0 Å². The second-order valence-electron chi connectivity index (χ2n) is 5.78. The molecule has 106 valence electrons. The van der Waals surface area contributed by atoms with E-state index in [1.54, 1.807) is 0 Å². The van der Waals surface area contributed by atoms with Crippen LogP contribution in [-0.4, -0.2) is 0 Å². The van der Waals surface area contributed by atoms with Crippen molar-refractivity contribution in [1.29, 1.82) is 0 Å². The molecule has 22 heavy (non-hydrogen) atoms. The summed E-state index contributed by atoms with van der Waals surface area (Å²) < 4.78 is 4.47. The number of aromatic nitrogens is 2. The summed E-state index contributed by atoms with van der Waals surface area (Å²) in [6.45, 7) is 4.31. The van der Waals surface area contributed by atoms with Crippen molar-refractivity contribution in [2.75, 3.05) is 0 Å². The zero-order valence-electron chi connectivity index (χ0n) is 12.8. The molecule has 0 spiro atoms. The van der Waals surface area contributed by atoms with Crippen LogP contribution in [0, 0.1) is 13.8 Å². The van der Waals surface area contributed by atoms with Crippen molar-refractivity contribution in [1.82, 2.24) is 0 Å². The SMILES string of the molecule is Cc1ccc(-c2c[n+]3ccccc3c3cccc[n+]23)c(C)c1. The zero-order valence-corrected chi connectivity index (χ0v) is 12.8. The quantitative estimate of drug-likeness (QED) is 0.374. The van der Waals surface area contributed by atoms with E-state index >= 15 is 0 Å². The van der Waals surface area contributed by atoms with Gasteiger partial charge in [0.2, 0.25) is 6.20 Å². The Labute approximate surface area is 129 Å². The van der Waals surface area contributed by atoms with Crippen LogP contribution in [0.15, 0.2) is 73.2 Å². The van der Waals surface area contributed by atoms with Gasteiger partial charge in [0, 0.05) is 24.3 Å². The molecule has 4 aromatic rings. The van der Waals surface area contributed by atoms with Gasteiger partial charge < -0.3 is 0 Å². The lowest BCUT2D eigenvalue weighted by atomic mass is 10.0. The minimum absolute atomic E-state index is 1.21. The van der Waals surface area contributed by atoms with Crippen LogP contribution in [0.2, 0.25) is 0 Å². The van der Waals surface area contributed by atoms with Gasteiger partial charge in [0.15, 0.2) is 12.4 Å². The molecule has 3 heterocycles. The van der Waals surface area contributed by atoms with E-state index in [1.165, 1.54) is 33.4 Å². The lowest BCUT2D eigenvalue weighted by Gasteiger charge is -2.04. The average Bonchev–Trinajstić information content (AvgIpc) is 2.54. The maximum atomic E-state index is 2.27. The van der Waals surface area contributed by atoms with Crippen molar-refractivity contribution in [3.8, 4) is 11.3 Å². The van der Waals surface area contributed by atoms with Gasteiger partial charge in [-0.2, -0.15) is 4.40 Å². The van der Waals surface area contributed by atoms with Crippen molar-refractivity contribution >= 4 is 11.0 Å². The molecule has 0 saturated heterocycles. The number of fused-ring (bicyclic) bond motifs is 3. The normalized spacial score (nSPS) is 11.2. The van der Waals surface area contributed by atoms with Crippen molar-refractivity contribution in [2.45, 2.75) is 13.8 Å². The molecule has 2 nitrogen and oxygen atoms in total. The lowest BCUT2D eigenvalue weighted by Crippen LogP contribution is -2.34. The first-order valence-electron chi connectivity index (χ1n) is 7.55. The Bertz CT molecular complexity index is 1000. The van der Waals surface area contributed by atoms with Gasteiger partial charge in [0.1, 0.15) is 0 Å². The molecule has 0 radical (unpaired) electrons. The number of rotatable bonds is 1. The van der Waals surface area contributed by atoms with Crippen LogP contribution in [0.25, 0.3) is 22.3 Å². The molecule has 4 rings (SSSR count). The number of nitrogens with zero attached hydrogens (tertiary/aromatic N) is 2. The largest absolute Gasteiger partial charge is 0.283 e. The molecule has 0 aliphatic rings. The summed E-state index contributed by atoms with van der Waals surface area (Å²) in [6, 6.07) is 19.3. The zero-order chi connectivity index (χ0) is 15.1. The lowest BCUT2D eigenvalue weighted by molar-refractivity contribution is -0.556. The predicted molar refractivity (Wildman–Crippen MR) is 87.7 cm³/mol.